The summed E-state index contributed by atoms with van der Waals surface area (Å²) in [5.41, 5.74) is -0.277. The lowest BCUT2D eigenvalue weighted by Gasteiger charge is -2.36. The van der Waals surface area contributed by atoms with Crippen LogP contribution < -0.4 is 4.90 Å². The van der Waals surface area contributed by atoms with E-state index in [-0.39, 0.29) is 17.5 Å². The van der Waals surface area contributed by atoms with Gasteiger partial charge in [-0.25, -0.2) is 0 Å². The average Bonchev–Trinajstić information content (AvgIpc) is 2.45. The first-order valence-electron chi connectivity index (χ1n) is 6.98. The molecule has 0 aromatic heterocycles. The van der Waals surface area contributed by atoms with E-state index in [0.29, 0.717) is 30.7 Å². The van der Waals surface area contributed by atoms with Gasteiger partial charge in [0, 0.05) is 36.6 Å². The van der Waals surface area contributed by atoms with Crippen LogP contribution in [0.25, 0.3) is 0 Å². The van der Waals surface area contributed by atoms with Gasteiger partial charge in [0.15, 0.2) is 0 Å². The van der Waals surface area contributed by atoms with Crippen LogP contribution in [0.3, 0.4) is 0 Å². The predicted octanol–water partition coefficient (Wildman–Crippen LogP) is 2.80. The van der Waals surface area contributed by atoms with Crippen molar-refractivity contribution >= 4 is 33.2 Å². The molecule has 0 N–H and O–H groups in total. The van der Waals surface area contributed by atoms with Crippen molar-refractivity contribution in [2.75, 3.05) is 31.1 Å². The highest BCUT2D eigenvalue weighted by Gasteiger charge is 2.29. The Morgan fingerprint density at radius 3 is 2.41 bits per heavy atom. The fraction of sp³-hybridized carbons (Fsp3) is 0.500. The summed E-state index contributed by atoms with van der Waals surface area (Å²) in [5.74, 6) is -0.881. The topological polar surface area (TPSA) is 66.7 Å². The van der Waals surface area contributed by atoms with Crippen molar-refractivity contribution in [2.45, 2.75) is 13.8 Å². The van der Waals surface area contributed by atoms with Gasteiger partial charge in [-0.1, -0.05) is 29.8 Å². The summed E-state index contributed by atoms with van der Waals surface area (Å²) in [6.07, 6.45) is 0. The smallest absolute Gasteiger partial charge is 0.327 e. The van der Waals surface area contributed by atoms with Crippen LogP contribution in [-0.4, -0.2) is 41.9 Å². The lowest BCUT2D eigenvalue weighted by atomic mass is 10.1. The maximum absolute atomic E-state index is 13.9. The first-order chi connectivity index (χ1) is 10.3. The van der Waals surface area contributed by atoms with Crippen LogP contribution in [0.15, 0.2) is 16.6 Å². The summed E-state index contributed by atoms with van der Waals surface area (Å²) in [7, 11) is 0. The Labute approximate surface area is 136 Å². The molecule has 2 rings (SSSR count). The van der Waals surface area contributed by atoms with Crippen molar-refractivity contribution < 1.29 is 14.1 Å². The molecule has 22 heavy (non-hydrogen) atoms. The molecule has 0 atom stereocenters. The molecule has 1 heterocycles. The molecule has 0 aliphatic carbocycles. The van der Waals surface area contributed by atoms with Crippen molar-refractivity contribution in [3.63, 3.8) is 0 Å². The molecule has 6 nitrogen and oxygen atoms in total. The molecular weight excluding hydrogens is 357 g/mol. The molecule has 0 radical (unpaired) electrons. The van der Waals surface area contributed by atoms with Gasteiger partial charge in [-0.3, -0.25) is 14.9 Å². The van der Waals surface area contributed by atoms with E-state index in [2.05, 4.69) is 15.9 Å². The number of anilines is 1. The zero-order valence-electron chi connectivity index (χ0n) is 12.4. The normalized spacial score (nSPS) is 15.3. The summed E-state index contributed by atoms with van der Waals surface area (Å²) in [6.45, 7) is 5.50. The molecule has 120 valence electrons. The number of benzene rings is 1. The van der Waals surface area contributed by atoms with Gasteiger partial charge < -0.3 is 9.80 Å². The number of rotatable bonds is 3. The molecule has 1 amide bonds. The van der Waals surface area contributed by atoms with Gasteiger partial charge in [-0.15, -0.1) is 0 Å². The highest BCUT2D eigenvalue weighted by molar-refractivity contribution is 9.10. The monoisotopic (exact) mass is 373 g/mol. The van der Waals surface area contributed by atoms with Crippen molar-refractivity contribution in [1.29, 1.82) is 0 Å². The lowest BCUT2D eigenvalue weighted by Crippen LogP contribution is -2.50. The number of piperazine rings is 1. The Bertz CT molecular complexity index is 601. The van der Waals surface area contributed by atoms with Crippen molar-refractivity contribution in [1.82, 2.24) is 4.90 Å². The first-order valence-corrected chi connectivity index (χ1v) is 7.77. The second-order valence-corrected chi connectivity index (χ2v) is 6.40. The molecular formula is C14H17BrFN3O3. The van der Waals surface area contributed by atoms with Crippen molar-refractivity contribution in [2.24, 2.45) is 5.92 Å². The van der Waals surface area contributed by atoms with Crippen LogP contribution in [-0.2, 0) is 4.79 Å². The standard InChI is InChI=1S/C14H17BrFN3O3/c1-9(2)14(20)18-5-3-17(4-6-18)12-8-10(15)7-11(16)13(12)19(21)22/h7-9H,3-6H2,1-2H3. The van der Waals surface area contributed by atoms with E-state index in [9.17, 15) is 19.3 Å². The van der Waals surface area contributed by atoms with Gasteiger partial charge in [0.1, 0.15) is 5.69 Å². The zero-order valence-corrected chi connectivity index (χ0v) is 14.0. The second-order valence-electron chi connectivity index (χ2n) is 5.48. The van der Waals surface area contributed by atoms with Crippen LogP contribution >= 0.6 is 15.9 Å². The lowest BCUT2D eigenvalue weighted by molar-refractivity contribution is -0.386. The average molecular weight is 374 g/mol. The number of hydrogen-bond acceptors (Lipinski definition) is 4. The minimum atomic E-state index is -0.866. The van der Waals surface area contributed by atoms with Gasteiger partial charge in [0.2, 0.25) is 11.7 Å². The molecule has 1 fully saturated rings. The molecule has 8 heteroatoms. The molecule has 1 aliphatic rings. The third-order valence-corrected chi connectivity index (χ3v) is 4.07. The third kappa shape index (κ3) is 3.37. The molecule has 0 saturated carbocycles. The summed E-state index contributed by atoms with van der Waals surface area (Å²) in [4.78, 5) is 25.9. The molecule has 0 unspecified atom stereocenters. The summed E-state index contributed by atoms with van der Waals surface area (Å²) in [5, 5.41) is 11.1. The van der Waals surface area contributed by atoms with E-state index < -0.39 is 16.4 Å². The van der Waals surface area contributed by atoms with Gasteiger partial charge in [0.05, 0.1) is 4.92 Å². The van der Waals surface area contributed by atoms with Crippen LogP contribution in [0.1, 0.15) is 13.8 Å². The Balaban J connectivity index is 2.21. The van der Waals surface area contributed by atoms with E-state index in [1.807, 2.05) is 13.8 Å². The quantitative estimate of drug-likeness (QED) is 0.603. The second kappa shape index (κ2) is 6.60. The van der Waals surface area contributed by atoms with E-state index in [0.717, 1.165) is 6.07 Å². The van der Waals surface area contributed by atoms with Crippen molar-refractivity contribution in [3.8, 4) is 0 Å². The first kappa shape index (κ1) is 16.7. The van der Waals surface area contributed by atoms with Crippen LogP contribution in [0.5, 0.6) is 0 Å². The van der Waals surface area contributed by atoms with E-state index in [4.69, 9.17) is 0 Å². The third-order valence-electron chi connectivity index (χ3n) is 3.62. The van der Waals surface area contributed by atoms with Gasteiger partial charge >= 0.3 is 5.69 Å². The minimum absolute atomic E-state index is 0.0644. The number of nitrogens with zero attached hydrogens (tertiary/aromatic N) is 3. The Morgan fingerprint density at radius 2 is 1.91 bits per heavy atom. The predicted molar refractivity (Wildman–Crippen MR) is 84.4 cm³/mol. The molecule has 1 aliphatic heterocycles. The number of amides is 1. The van der Waals surface area contributed by atoms with Crippen LogP contribution in [0.4, 0.5) is 15.8 Å². The van der Waals surface area contributed by atoms with Gasteiger partial charge in [0.25, 0.3) is 0 Å². The largest absolute Gasteiger partial charge is 0.362 e. The van der Waals surface area contributed by atoms with Crippen LogP contribution in [0, 0.1) is 21.8 Å². The van der Waals surface area contributed by atoms with Gasteiger partial charge in [-0.05, 0) is 12.1 Å². The fourth-order valence-corrected chi connectivity index (χ4v) is 2.92. The van der Waals surface area contributed by atoms with E-state index in [1.165, 1.54) is 0 Å². The van der Waals surface area contributed by atoms with Gasteiger partial charge in [-0.2, -0.15) is 4.39 Å². The molecule has 1 aromatic carbocycles. The maximum Gasteiger partial charge on any atom is 0.327 e. The number of carbonyl (C=O) groups is 1. The number of hydrogen-bond donors (Lipinski definition) is 0. The highest BCUT2D eigenvalue weighted by Crippen LogP contribution is 2.34. The summed E-state index contributed by atoms with van der Waals surface area (Å²) < 4.78 is 14.3. The van der Waals surface area contributed by atoms with Crippen molar-refractivity contribution in [3.05, 3.63) is 32.5 Å². The van der Waals surface area contributed by atoms with E-state index in [1.54, 1.807) is 15.9 Å². The number of carbonyl (C=O) groups excluding carboxylic acids is 1. The Kier molecular flexibility index (Phi) is 5.00. The molecule has 0 spiro atoms. The summed E-state index contributed by atoms with van der Waals surface area (Å²) >= 11 is 3.16. The summed E-state index contributed by atoms with van der Waals surface area (Å²) in [6, 6.07) is 2.63. The number of nitro groups is 1. The van der Waals surface area contributed by atoms with E-state index >= 15 is 0 Å². The highest BCUT2D eigenvalue weighted by atomic mass is 79.9. The zero-order chi connectivity index (χ0) is 16.4. The molecule has 1 saturated heterocycles. The number of halogens is 2. The number of nitro benzene ring substituents is 1. The Morgan fingerprint density at radius 1 is 1.32 bits per heavy atom. The fourth-order valence-electron chi connectivity index (χ4n) is 2.51. The Hall–Kier alpha value is -1.70. The molecule has 1 aromatic rings. The maximum atomic E-state index is 13.9. The van der Waals surface area contributed by atoms with Crippen LogP contribution in [0.2, 0.25) is 0 Å². The molecule has 0 bridgehead atoms. The SMILES string of the molecule is CC(C)C(=O)N1CCN(c2cc(Br)cc(F)c2[N+](=O)[O-])CC1. The minimum Gasteiger partial charge on any atom is -0.362 e.